The Hall–Kier alpha value is -1.71. The summed E-state index contributed by atoms with van der Waals surface area (Å²) in [6, 6.07) is 18.0. The van der Waals surface area contributed by atoms with E-state index in [-0.39, 0.29) is 0 Å². The molecule has 0 saturated carbocycles. The van der Waals surface area contributed by atoms with Crippen molar-refractivity contribution in [2.24, 2.45) is 0 Å². The minimum absolute atomic E-state index is 0.731. The highest BCUT2D eigenvalue weighted by molar-refractivity contribution is 6.30. The Bertz CT molecular complexity index is 486. The third-order valence-electron chi connectivity index (χ3n) is 1.91. The lowest BCUT2D eigenvalue weighted by Crippen LogP contribution is -1.74. The predicted octanol–water partition coefficient (Wildman–Crippen LogP) is 3.54. The van der Waals surface area contributed by atoms with Gasteiger partial charge < -0.3 is 0 Å². The molecule has 0 aliphatic rings. The van der Waals surface area contributed by atoms with E-state index in [4.69, 9.17) is 11.6 Å². The molecule has 0 nitrogen and oxygen atoms in total. The van der Waals surface area contributed by atoms with E-state index in [0.717, 1.165) is 16.1 Å². The van der Waals surface area contributed by atoms with E-state index >= 15 is 0 Å². The molecule has 0 amide bonds. The fourth-order valence-electron chi connectivity index (χ4n) is 1.15. The highest BCUT2D eigenvalue weighted by atomic mass is 35.5. The monoisotopic (exact) mass is 211 g/mol. The van der Waals surface area contributed by atoms with Crippen molar-refractivity contribution in [1.29, 1.82) is 0 Å². The van der Waals surface area contributed by atoms with Crippen molar-refractivity contribution >= 4 is 11.6 Å². The molecule has 0 aliphatic carbocycles. The van der Waals surface area contributed by atoms with Gasteiger partial charge in [0.2, 0.25) is 0 Å². The van der Waals surface area contributed by atoms with Crippen LogP contribution in [0.1, 0.15) is 11.1 Å². The van der Waals surface area contributed by atoms with Gasteiger partial charge in [0.25, 0.3) is 0 Å². The molecule has 15 heavy (non-hydrogen) atoms. The van der Waals surface area contributed by atoms with E-state index in [2.05, 4.69) is 17.9 Å². The summed E-state index contributed by atoms with van der Waals surface area (Å²) in [7, 11) is 0. The lowest BCUT2D eigenvalue weighted by atomic mass is 10.2. The van der Waals surface area contributed by atoms with Crippen LogP contribution in [-0.2, 0) is 0 Å². The first-order valence-electron chi connectivity index (χ1n) is 4.58. The second-order valence-electron chi connectivity index (χ2n) is 3.05. The maximum atomic E-state index is 5.78. The van der Waals surface area contributed by atoms with Crippen LogP contribution >= 0.6 is 11.6 Å². The lowest BCUT2D eigenvalue weighted by molar-refractivity contribution is 1.62. The number of benzene rings is 2. The van der Waals surface area contributed by atoms with E-state index in [1.807, 2.05) is 48.5 Å². The Balaban J connectivity index is 2.22. The zero-order valence-corrected chi connectivity index (χ0v) is 8.75. The molecule has 0 aliphatic heterocycles. The molecule has 0 aromatic heterocycles. The van der Waals surface area contributed by atoms with Crippen LogP contribution in [-0.4, -0.2) is 0 Å². The van der Waals surface area contributed by atoms with Crippen molar-refractivity contribution < 1.29 is 0 Å². The average Bonchev–Trinajstić information content (AvgIpc) is 2.30. The van der Waals surface area contributed by atoms with Gasteiger partial charge >= 0.3 is 0 Å². The SMILES string of the molecule is Clc1ccc(C#Cc2cc[c]cc2)cc1. The predicted molar refractivity (Wildman–Crippen MR) is 62.7 cm³/mol. The molecule has 0 spiro atoms. The molecule has 0 bridgehead atoms. The Morgan fingerprint density at radius 1 is 0.800 bits per heavy atom. The number of hydrogen-bond acceptors (Lipinski definition) is 0. The summed E-state index contributed by atoms with van der Waals surface area (Å²) in [5, 5.41) is 0.731. The molecule has 0 saturated heterocycles. The van der Waals surface area contributed by atoms with Crippen molar-refractivity contribution in [3.8, 4) is 11.8 Å². The molecule has 0 unspecified atom stereocenters. The summed E-state index contributed by atoms with van der Waals surface area (Å²) in [5.74, 6) is 6.13. The molecule has 2 aromatic carbocycles. The molecule has 0 fully saturated rings. The second kappa shape index (κ2) is 4.68. The van der Waals surface area contributed by atoms with Gasteiger partial charge in [0.1, 0.15) is 0 Å². The highest BCUT2D eigenvalue weighted by Gasteiger charge is 1.87. The normalized spacial score (nSPS) is 9.13. The molecule has 2 rings (SSSR count). The van der Waals surface area contributed by atoms with Crippen LogP contribution in [0, 0.1) is 17.9 Å². The standard InChI is InChI=1S/C14H8Cl/c15-14-10-8-13(9-11-14)7-6-12-4-2-1-3-5-12/h2-5,8-11H. The summed E-state index contributed by atoms with van der Waals surface area (Å²) in [4.78, 5) is 0. The highest BCUT2D eigenvalue weighted by Crippen LogP contribution is 2.08. The molecule has 71 valence electrons. The molecular weight excluding hydrogens is 204 g/mol. The number of rotatable bonds is 0. The molecular formula is C14H8Cl. The quantitative estimate of drug-likeness (QED) is 0.585. The van der Waals surface area contributed by atoms with Gasteiger partial charge in [0.15, 0.2) is 0 Å². The molecule has 1 radical (unpaired) electrons. The van der Waals surface area contributed by atoms with Crippen molar-refractivity contribution in [2.45, 2.75) is 0 Å². The van der Waals surface area contributed by atoms with E-state index in [9.17, 15) is 0 Å². The average molecular weight is 212 g/mol. The summed E-state index contributed by atoms with van der Waals surface area (Å²) >= 11 is 5.78. The first-order valence-corrected chi connectivity index (χ1v) is 4.96. The minimum Gasteiger partial charge on any atom is -0.0843 e. The van der Waals surface area contributed by atoms with Gasteiger partial charge in [0, 0.05) is 16.1 Å². The van der Waals surface area contributed by atoms with Crippen molar-refractivity contribution in [3.05, 3.63) is 70.7 Å². The molecule has 1 heteroatoms. The summed E-state index contributed by atoms with van der Waals surface area (Å²) in [6.45, 7) is 0. The number of halogens is 1. The summed E-state index contributed by atoms with van der Waals surface area (Å²) in [5.41, 5.74) is 1.95. The first-order chi connectivity index (χ1) is 7.34. The fourth-order valence-corrected chi connectivity index (χ4v) is 1.27. The van der Waals surface area contributed by atoms with Crippen LogP contribution in [0.15, 0.2) is 48.5 Å². The largest absolute Gasteiger partial charge is 0.0843 e. The second-order valence-corrected chi connectivity index (χ2v) is 3.48. The maximum Gasteiger partial charge on any atom is 0.0406 e. The van der Waals surface area contributed by atoms with Crippen LogP contribution in [0.2, 0.25) is 5.02 Å². The van der Waals surface area contributed by atoms with Crippen LogP contribution in [0.5, 0.6) is 0 Å². The van der Waals surface area contributed by atoms with Crippen LogP contribution in [0.3, 0.4) is 0 Å². The Morgan fingerprint density at radius 3 is 1.93 bits per heavy atom. The van der Waals surface area contributed by atoms with E-state index < -0.39 is 0 Å². The lowest BCUT2D eigenvalue weighted by Gasteiger charge is -1.90. The van der Waals surface area contributed by atoms with Crippen LogP contribution in [0.25, 0.3) is 0 Å². The zero-order chi connectivity index (χ0) is 10.5. The van der Waals surface area contributed by atoms with Gasteiger partial charge in [-0.1, -0.05) is 35.6 Å². The van der Waals surface area contributed by atoms with Gasteiger partial charge in [-0.3, -0.25) is 0 Å². The van der Waals surface area contributed by atoms with Gasteiger partial charge in [-0.2, -0.15) is 0 Å². The summed E-state index contributed by atoms with van der Waals surface area (Å²) in [6.07, 6.45) is 0. The molecule has 0 atom stereocenters. The fraction of sp³-hybridized carbons (Fsp3) is 0. The van der Waals surface area contributed by atoms with Gasteiger partial charge in [-0.25, -0.2) is 0 Å². The van der Waals surface area contributed by atoms with Crippen molar-refractivity contribution in [2.75, 3.05) is 0 Å². The first kappa shape index (κ1) is 9.83. The van der Waals surface area contributed by atoms with Crippen LogP contribution in [0.4, 0.5) is 0 Å². The Labute approximate surface area is 94.5 Å². The topological polar surface area (TPSA) is 0 Å². The summed E-state index contributed by atoms with van der Waals surface area (Å²) < 4.78 is 0. The van der Waals surface area contributed by atoms with Crippen LogP contribution < -0.4 is 0 Å². The smallest absolute Gasteiger partial charge is 0.0406 e. The molecule has 0 N–H and O–H groups in total. The minimum atomic E-state index is 0.731. The molecule has 0 heterocycles. The maximum absolute atomic E-state index is 5.78. The van der Waals surface area contributed by atoms with E-state index in [0.29, 0.717) is 0 Å². The zero-order valence-electron chi connectivity index (χ0n) is 8.00. The van der Waals surface area contributed by atoms with Gasteiger partial charge in [-0.05, 0) is 42.5 Å². The Kier molecular flexibility index (Phi) is 3.07. The van der Waals surface area contributed by atoms with Gasteiger partial charge in [-0.15, -0.1) is 0 Å². The molecule has 2 aromatic rings. The Morgan fingerprint density at radius 2 is 1.33 bits per heavy atom. The third kappa shape index (κ3) is 2.87. The third-order valence-corrected chi connectivity index (χ3v) is 2.17. The van der Waals surface area contributed by atoms with Crippen molar-refractivity contribution in [3.63, 3.8) is 0 Å². The number of hydrogen-bond donors (Lipinski definition) is 0. The van der Waals surface area contributed by atoms with E-state index in [1.165, 1.54) is 0 Å². The van der Waals surface area contributed by atoms with Gasteiger partial charge in [0.05, 0.1) is 0 Å². The van der Waals surface area contributed by atoms with E-state index in [1.54, 1.807) is 0 Å². The van der Waals surface area contributed by atoms with Crippen molar-refractivity contribution in [1.82, 2.24) is 0 Å².